The lowest BCUT2D eigenvalue weighted by atomic mass is 10.1. The Morgan fingerprint density at radius 1 is 1.23 bits per heavy atom. The predicted octanol–water partition coefficient (Wildman–Crippen LogP) is 3.56. The van der Waals surface area contributed by atoms with Crippen molar-refractivity contribution in [2.45, 2.75) is 34.1 Å². The van der Waals surface area contributed by atoms with Gasteiger partial charge in [0.1, 0.15) is 0 Å². The zero-order valence-corrected chi connectivity index (χ0v) is 9.02. The molecule has 0 aliphatic rings. The monoisotopic (exact) mass is 174 g/mol. The summed E-state index contributed by atoms with van der Waals surface area (Å²) < 4.78 is 0. The molecule has 0 nitrogen and oxygen atoms in total. The first-order valence-electron chi connectivity index (χ1n) is 4.58. The third kappa shape index (κ3) is 6.98. The summed E-state index contributed by atoms with van der Waals surface area (Å²) in [6.07, 6.45) is 15.0. The molecule has 0 N–H and O–H groups in total. The molecule has 0 radical (unpaired) electrons. The molecule has 0 atom stereocenters. The van der Waals surface area contributed by atoms with Crippen LogP contribution in [0.15, 0.2) is 23.3 Å². The van der Waals surface area contributed by atoms with Crippen LogP contribution in [0.5, 0.6) is 0 Å². The molecule has 0 bridgehead atoms. The van der Waals surface area contributed by atoms with Gasteiger partial charge < -0.3 is 0 Å². The van der Waals surface area contributed by atoms with Crippen LogP contribution in [0.25, 0.3) is 0 Å². The predicted molar refractivity (Wildman–Crippen MR) is 61.1 cm³/mol. The van der Waals surface area contributed by atoms with Crippen molar-refractivity contribution < 1.29 is 0 Å². The van der Waals surface area contributed by atoms with Crippen LogP contribution in [-0.4, -0.2) is 0 Å². The van der Waals surface area contributed by atoms with Crippen molar-refractivity contribution in [3.05, 3.63) is 23.3 Å². The first-order valence-corrected chi connectivity index (χ1v) is 4.58. The van der Waals surface area contributed by atoms with Gasteiger partial charge in [-0.05, 0) is 19.4 Å². The van der Waals surface area contributed by atoms with Gasteiger partial charge in [-0.15, -0.1) is 12.8 Å². The van der Waals surface area contributed by atoms with E-state index >= 15 is 0 Å². The van der Waals surface area contributed by atoms with Gasteiger partial charge in [0.15, 0.2) is 0 Å². The second-order valence-corrected chi connectivity index (χ2v) is 2.06. The van der Waals surface area contributed by atoms with E-state index in [1.165, 1.54) is 0 Å². The average Bonchev–Trinajstić information content (AvgIpc) is 2.23. The smallest absolute Gasteiger partial charge is 0.0209 e. The summed E-state index contributed by atoms with van der Waals surface area (Å²) in [4.78, 5) is 0. The Balaban J connectivity index is 0. The number of hydrogen-bond acceptors (Lipinski definition) is 0. The molecule has 0 spiro atoms. The highest BCUT2D eigenvalue weighted by Gasteiger charge is 1.88. The lowest BCUT2D eigenvalue weighted by Crippen LogP contribution is -1.77. The highest BCUT2D eigenvalue weighted by atomic mass is 13.9. The highest BCUT2D eigenvalue weighted by Crippen LogP contribution is 2.03. The molecule has 0 rings (SSSR count). The summed E-state index contributed by atoms with van der Waals surface area (Å²) >= 11 is 0. The Bertz CT molecular complexity index is 251. The standard InChI is InChI=1S/C11H12.C2H6/c1-5-10(6-2)9-11(7-3)8-4;1-2/h1,3,6,9H,8H2,2,4H3;1-2H3/b10-6-,11-9+;. The summed E-state index contributed by atoms with van der Waals surface area (Å²) in [6.45, 7) is 7.91. The van der Waals surface area contributed by atoms with E-state index in [0.717, 1.165) is 17.6 Å². The molecule has 70 valence electrons. The number of terminal acetylenes is 2. The molecule has 0 heteroatoms. The second-order valence-electron chi connectivity index (χ2n) is 2.06. The van der Waals surface area contributed by atoms with Gasteiger partial charge in [-0.2, -0.15) is 0 Å². The molecule has 0 aromatic heterocycles. The topological polar surface area (TPSA) is 0 Å². The average molecular weight is 174 g/mol. The van der Waals surface area contributed by atoms with Crippen LogP contribution in [0.4, 0.5) is 0 Å². The van der Waals surface area contributed by atoms with Gasteiger partial charge in [-0.25, -0.2) is 0 Å². The molecule has 0 fully saturated rings. The summed E-state index contributed by atoms with van der Waals surface area (Å²) in [5, 5.41) is 0. The molecule has 0 aromatic carbocycles. The number of rotatable bonds is 2. The molecular formula is C13H18. The van der Waals surface area contributed by atoms with Crippen molar-refractivity contribution in [1.29, 1.82) is 0 Å². The minimum atomic E-state index is 0.847. The second kappa shape index (κ2) is 10.6. The van der Waals surface area contributed by atoms with Gasteiger partial charge >= 0.3 is 0 Å². The van der Waals surface area contributed by atoms with Crippen LogP contribution in [0.2, 0.25) is 0 Å². The van der Waals surface area contributed by atoms with E-state index in [0.29, 0.717) is 0 Å². The normalized spacial score (nSPS) is 10.6. The quantitative estimate of drug-likeness (QED) is 0.443. The van der Waals surface area contributed by atoms with Gasteiger partial charge in [0.2, 0.25) is 0 Å². The van der Waals surface area contributed by atoms with Crippen LogP contribution in [0.3, 0.4) is 0 Å². The Kier molecular flexibility index (Phi) is 11.5. The van der Waals surface area contributed by atoms with E-state index in [1.54, 1.807) is 0 Å². The van der Waals surface area contributed by atoms with E-state index in [4.69, 9.17) is 12.8 Å². The van der Waals surface area contributed by atoms with E-state index in [1.807, 2.05) is 39.8 Å². The first-order chi connectivity index (χ1) is 6.28. The zero-order chi connectivity index (χ0) is 10.7. The van der Waals surface area contributed by atoms with E-state index in [2.05, 4.69) is 11.8 Å². The lowest BCUT2D eigenvalue weighted by Gasteiger charge is -1.92. The van der Waals surface area contributed by atoms with E-state index in [9.17, 15) is 0 Å². The minimum absolute atomic E-state index is 0.847. The SMILES string of the molecule is C#C/C(=C\C(C#C)=C/C)CC.CC. The first kappa shape index (κ1) is 14.1. The Hall–Kier alpha value is -1.40. The van der Waals surface area contributed by atoms with Gasteiger partial charge in [0.05, 0.1) is 0 Å². The molecule has 0 amide bonds. The zero-order valence-electron chi connectivity index (χ0n) is 9.02. The van der Waals surface area contributed by atoms with Crippen molar-refractivity contribution in [3.63, 3.8) is 0 Å². The highest BCUT2D eigenvalue weighted by molar-refractivity contribution is 5.42. The molecule has 0 aliphatic heterocycles. The third-order valence-electron chi connectivity index (χ3n) is 1.37. The molecule has 0 heterocycles. The fourth-order valence-electron chi connectivity index (χ4n) is 0.642. The van der Waals surface area contributed by atoms with Gasteiger partial charge in [-0.3, -0.25) is 0 Å². The molecule has 13 heavy (non-hydrogen) atoms. The van der Waals surface area contributed by atoms with E-state index < -0.39 is 0 Å². The lowest BCUT2D eigenvalue weighted by molar-refractivity contribution is 1.16. The van der Waals surface area contributed by atoms with Gasteiger partial charge in [0.25, 0.3) is 0 Å². The third-order valence-corrected chi connectivity index (χ3v) is 1.37. The maximum Gasteiger partial charge on any atom is 0.0209 e. The summed E-state index contributed by atoms with van der Waals surface area (Å²) in [7, 11) is 0. The molecule has 0 saturated heterocycles. The minimum Gasteiger partial charge on any atom is -0.115 e. The maximum absolute atomic E-state index is 5.23. The van der Waals surface area contributed by atoms with Gasteiger partial charge in [0, 0.05) is 11.1 Å². The summed E-state index contributed by atoms with van der Waals surface area (Å²) in [5.41, 5.74) is 1.79. The fraction of sp³-hybridized carbons (Fsp3) is 0.385. The van der Waals surface area contributed by atoms with Crippen LogP contribution < -0.4 is 0 Å². The Labute approximate surface area is 82.7 Å². The maximum atomic E-state index is 5.23. The number of hydrogen-bond donors (Lipinski definition) is 0. The largest absolute Gasteiger partial charge is 0.115 e. The van der Waals surface area contributed by atoms with Crippen LogP contribution in [0, 0.1) is 24.7 Å². The Morgan fingerprint density at radius 3 is 2.00 bits per heavy atom. The van der Waals surface area contributed by atoms with Crippen LogP contribution in [-0.2, 0) is 0 Å². The van der Waals surface area contributed by atoms with E-state index in [-0.39, 0.29) is 0 Å². The summed E-state index contributed by atoms with van der Waals surface area (Å²) in [5.74, 6) is 5.12. The molecular weight excluding hydrogens is 156 g/mol. The van der Waals surface area contributed by atoms with Crippen molar-refractivity contribution >= 4 is 0 Å². The summed E-state index contributed by atoms with van der Waals surface area (Å²) in [6, 6.07) is 0. The van der Waals surface area contributed by atoms with Crippen molar-refractivity contribution in [3.8, 4) is 24.7 Å². The Morgan fingerprint density at radius 2 is 1.77 bits per heavy atom. The number of allylic oxidation sites excluding steroid dienone is 4. The fourth-order valence-corrected chi connectivity index (χ4v) is 0.642. The molecule has 0 unspecified atom stereocenters. The van der Waals surface area contributed by atoms with Crippen molar-refractivity contribution in [2.24, 2.45) is 0 Å². The van der Waals surface area contributed by atoms with Crippen molar-refractivity contribution in [1.82, 2.24) is 0 Å². The molecule has 0 aromatic rings. The molecule has 0 saturated carbocycles. The van der Waals surface area contributed by atoms with Gasteiger partial charge in [-0.1, -0.05) is 38.7 Å². The van der Waals surface area contributed by atoms with Crippen LogP contribution in [0.1, 0.15) is 34.1 Å². The molecule has 0 aliphatic carbocycles. The van der Waals surface area contributed by atoms with Crippen molar-refractivity contribution in [2.75, 3.05) is 0 Å². The van der Waals surface area contributed by atoms with Crippen LogP contribution >= 0.6 is 0 Å².